The Morgan fingerprint density at radius 3 is 2.92 bits per heavy atom. The first-order valence-corrected chi connectivity index (χ1v) is 9.34. The molecule has 4 nitrogen and oxygen atoms in total. The summed E-state index contributed by atoms with van der Waals surface area (Å²) in [6, 6.07) is 7.49. The van der Waals surface area contributed by atoms with Gasteiger partial charge in [-0.3, -0.25) is 14.6 Å². The van der Waals surface area contributed by atoms with E-state index < -0.39 is 11.9 Å². The Labute approximate surface area is 152 Å². The van der Waals surface area contributed by atoms with Gasteiger partial charge < -0.3 is 5.11 Å². The second-order valence-corrected chi connectivity index (χ2v) is 7.06. The molecule has 132 valence electrons. The van der Waals surface area contributed by atoms with Gasteiger partial charge in [-0.05, 0) is 37.3 Å². The van der Waals surface area contributed by atoms with Crippen LogP contribution < -0.4 is 0 Å². The van der Waals surface area contributed by atoms with Gasteiger partial charge in [-0.15, -0.1) is 11.3 Å². The molecule has 0 fully saturated rings. The van der Waals surface area contributed by atoms with E-state index in [1.807, 2.05) is 36.0 Å². The normalized spacial score (nSPS) is 12.4. The Bertz CT molecular complexity index is 722. The molecule has 0 unspecified atom stereocenters. The number of hydrogen-bond acceptors (Lipinski definition) is 4. The molecule has 0 bridgehead atoms. The maximum absolute atomic E-state index is 12.2. The topological polar surface area (TPSA) is 67.3 Å². The number of unbranched alkanes of at least 4 members (excludes halogenated alkanes) is 1. The molecule has 1 heterocycles. The number of aliphatic carboxylic acids is 1. The molecule has 0 saturated carbocycles. The van der Waals surface area contributed by atoms with Crippen molar-refractivity contribution in [3.05, 3.63) is 58.1 Å². The van der Waals surface area contributed by atoms with Crippen LogP contribution >= 0.6 is 11.3 Å². The minimum absolute atomic E-state index is 0.00598. The third kappa shape index (κ3) is 6.63. The zero-order valence-corrected chi connectivity index (χ0v) is 15.2. The summed E-state index contributed by atoms with van der Waals surface area (Å²) in [5, 5.41) is 8.89. The highest BCUT2D eigenvalue weighted by atomic mass is 32.1. The summed E-state index contributed by atoms with van der Waals surface area (Å²) < 4.78 is 0. The van der Waals surface area contributed by atoms with Gasteiger partial charge in [0.15, 0.2) is 5.78 Å². The molecule has 25 heavy (non-hydrogen) atoms. The molecule has 2 aromatic rings. The van der Waals surface area contributed by atoms with Crippen molar-refractivity contribution in [1.29, 1.82) is 0 Å². The first kappa shape index (κ1) is 19.1. The predicted octanol–water partition coefficient (Wildman–Crippen LogP) is 4.86. The summed E-state index contributed by atoms with van der Waals surface area (Å²) in [7, 11) is 0. The van der Waals surface area contributed by atoms with Crippen LogP contribution in [0.3, 0.4) is 0 Å². The number of carboxylic acids is 1. The van der Waals surface area contributed by atoms with Crippen molar-refractivity contribution in [2.24, 2.45) is 5.92 Å². The number of allylic oxidation sites excluding steroid dienone is 1. The molecule has 0 amide bonds. The number of Topliss-reactive ketones (excluding diaryl/α,β-unsaturated/α-hetero) is 1. The van der Waals surface area contributed by atoms with Crippen LogP contribution in [0.5, 0.6) is 0 Å². The van der Waals surface area contributed by atoms with Crippen molar-refractivity contribution in [1.82, 2.24) is 4.98 Å². The SMILES string of the molecule is C[C@@H](CCC(=O)c1cccc(/C=C\CCCc2cncs2)c1)C(=O)O. The average Bonchev–Trinajstić information content (AvgIpc) is 3.12. The van der Waals surface area contributed by atoms with Crippen LogP contribution in [0.15, 0.2) is 42.0 Å². The lowest BCUT2D eigenvalue weighted by atomic mass is 9.99. The Morgan fingerprint density at radius 1 is 1.36 bits per heavy atom. The molecule has 0 aliphatic rings. The van der Waals surface area contributed by atoms with E-state index in [1.54, 1.807) is 24.3 Å². The van der Waals surface area contributed by atoms with Crippen molar-refractivity contribution in [2.45, 2.75) is 39.0 Å². The number of benzene rings is 1. The number of nitrogens with zero attached hydrogens (tertiary/aromatic N) is 1. The molecule has 0 radical (unpaired) electrons. The highest BCUT2D eigenvalue weighted by Gasteiger charge is 2.14. The Morgan fingerprint density at radius 2 is 2.20 bits per heavy atom. The molecule has 1 aromatic carbocycles. The zero-order chi connectivity index (χ0) is 18.1. The van der Waals surface area contributed by atoms with Gasteiger partial charge in [0.05, 0.1) is 11.4 Å². The molecular weight excluding hydrogens is 334 g/mol. The van der Waals surface area contributed by atoms with Crippen LogP contribution in [0.25, 0.3) is 6.08 Å². The number of ketones is 1. The molecule has 2 rings (SSSR count). The largest absolute Gasteiger partial charge is 0.481 e. The van der Waals surface area contributed by atoms with Crippen LogP contribution in [-0.4, -0.2) is 21.8 Å². The summed E-state index contributed by atoms with van der Waals surface area (Å²) in [6.07, 6.45) is 9.78. The molecular formula is C20H23NO3S. The van der Waals surface area contributed by atoms with E-state index in [-0.39, 0.29) is 12.2 Å². The van der Waals surface area contributed by atoms with E-state index >= 15 is 0 Å². The predicted molar refractivity (Wildman–Crippen MR) is 101 cm³/mol. The molecule has 0 spiro atoms. The second kappa shape index (κ2) is 9.89. The zero-order valence-electron chi connectivity index (χ0n) is 14.4. The standard InChI is InChI=1S/C20H23NO3S/c1-15(20(23)24)10-11-19(22)17-8-5-7-16(12-17)6-3-2-4-9-18-13-21-14-25-18/h3,5-8,12-15H,2,4,9-11H2,1H3,(H,23,24)/b6-3-/t15-/m0/s1. The molecule has 1 aromatic heterocycles. The van der Waals surface area contributed by atoms with E-state index in [1.165, 1.54) is 4.88 Å². The average molecular weight is 357 g/mol. The van der Waals surface area contributed by atoms with Crippen LogP contribution in [0.2, 0.25) is 0 Å². The minimum Gasteiger partial charge on any atom is -0.481 e. The number of aromatic nitrogens is 1. The van der Waals surface area contributed by atoms with Gasteiger partial charge in [-0.25, -0.2) is 0 Å². The number of rotatable bonds is 10. The molecule has 5 heteroatoms. The van der Waals surface area contributed by atoms with E-state index in [2.05, 4.69) is 11.1 Å². The van der Waals surface area contributed by atoms with Gasteiger partial charge >= 0.3 is 5.97 Å². The quantitative estimate of drug-likeness (QED) is 0.487. The van der Waals surface area contributed by atoms with Gasteiger partial charge in [0.1, 0.15) is 0 Å². The fourth-order valence-electron chi connectivity index (χ4n) is 2.41. The molecule has 0 aliphatic carbocycles. The first-order chi connectivity index (χ1) is 12.1. The minimum atomic E-state index is -0.859. The molecule has 1 N–H and O–H groups in total. The van der Waals surface area contributed by atoms with Gasteiger partial charge in [0.2, 0.25) is 0 Å². The van der Waals surface area contributed by atoms with Crippen LogP contribution in [0.4, 0.5) is 0 Å². The summed E-state index contributed by atoms with van der Waals surface area (Å²) in [4.78, 5) is 28.4. The van der Waals surface area contributed by atoms with Gasteiger partial charge in [-0.2, -0.15) is 0 Å². The summed E-state index contributed by atoms with van der Waals surface area (Å²) >= 11 is 1.68. The van der Waals surface area contributed by atoms with Crippen molar-refractivity contribution >= 4 is 29.2 Å². The lowest BCUT2D eigenvalue weighted by Crippen LogP contribution is -2.11. The number of hydrogen-bond donors (Lipinski definition) is 1. The van der Waals surface area contributed by atoms with Crippen molar-refractivity contribution < 1.29 is 14.7 Å². The lowest BCUT2D eigenvalue weighted by Gasteiger charge is -2.06. The second-order valence-electron chi connectivity index (χ2n) is 6.09. The summed E-state index contributed by atoms with van der Waals surface area (Å²) in [5.41, 5.74) is 3.49. The highest BCUT2D eigenvalue weighted by Crippen LogP contribution is 2.14. The van der Waals surface area contributed by atoms with Gasteiger partial charge in [0, 0.05) is 23.1 Å². The Balaban J connectivity index is 1.82. The van der Waals surface area contributed by atoms with E-state index in [0.29, 0.717) is 12.0 Å². The Kier molecular flexibility index (Phi) is 7.54. The number of aryl methyl sites for hydroxylation is 1. The third-order valence-corrected chi connectivity index (χ3v) is 4.86. The Hall–Kier alpha value is -2.27. The molecule has 0 saturated heterocycles. The van der Waals surface area contributed by atoms with Crippen molar-refractivity contribution in [3.8, 4) is 0 Å². The lowest BCUT2D eigenvalue weighted by molar-refractivity contribution is -0.141. The number of carbonyl (C=O) groups is 2. The summed E-state index contributed by atoms with van der Waals surface area (Å²) in [6.45, 7) is 1.63. The van der Waals surface area contributed by atoms with Crippen LogP contribution in [0, 0.1) is 5.92 Å². The fourth-order valence-corrected chi connectivity index (χ4v) is 3.05. The molecule has 0 aliphatic heterocycles. The van der Waals surface area contributed by atoms with E-state index in [0.717, 1.165) is 24.8 Å². The van der Waals surface area contributed by atoms with Gasteiger partial charge in [0.25, 0.3) is 0 Å². The van der Waals surface area contributed by atoms with E-state index in [4.69, 9.17) is 5.11 Å². The van der Waals surface area contributed by atoms with Crippen LogP contribution in [0.1, 0.15) is 53.4 Å². The number of carbonyl (C=O) groups excluding carboxylic acids is 1. The number of thiazole rings is 1. The number of carboxylic acid groups (broad SMARTS) is 1. The fraction of sp³-hybridized carbons (Fsp3) is 0.350. The monoisotopic (exact) mass is 357 g/mol. The maximum Gasteiger partial charge on any atom is 0.306 e. The maximum atomic E-state index is 12.2. The molecule has 1 atom stereocenters. The van der Waals surface area contributed by atoms with Gasteiger partial charge in [-0.1, -0.05) is 37.3 Å². The first-order valence-electron chi connectivity index (χ1n) is 8.46. The smallest absolute Gasteiger partial charge is 0.306 e. The van der Waals surface area contributed by atoms with Crippen molar-refractivity contribution in [2.75, 3.05) is 0 Å². The van der Waals surface area contributed by atoms with E-state index in [9.17, 15) is 9.59 Å². The third-order valence-electron chi connectivity index (χ3n) is 4.02. The van der Waals surface area contributed by atoms with Crippen molar-refractivity contribution in [3.63, 3.8) is 0 Å². The van der Waals surface area contributed by atoms with Crippen LogP contribution in [-0.2, 0) is 11.2 Å². The highest BCUT2D eigenvalue weighted by molar-refractivity contribution is 7.09. The summed E-state index contributed by atoms with van der Waals surface area (Å²) in [5.74, 6) is -1.36.